The Bertz CT molecular complexity index is 829. The van der Waals surface area contributed by atoms with Crippen LogP contribution in [-0.4, -0.2) is 66.4 Å². The third-order valence-corrected chi connectivity index (χ3v) is 5.92. The largest absolute Gasteiger partial charge is 0.522 e. The summed E-state index contributed by atoms with van der Waals surface area (Å²) >= 11 is 0. The van der Waals surface area contributed by atoms with E-state index in [-0.39, 0.29) is 62.6 Å². The molecule has 9 nitrogen and oxygen atoms in total. The molecule has 3 aliphatic rings. The van der Waals surface area contributed by atoms with Crippen LogP contribution in [0.1, 0.15) is 62.3 Å². The van der Waals surface area contributed by atoms with Crippen LogP contribution in [-0.2, 0) is 23.7 Å². The van der Waals surface area contributed by atoms with Gasteiger partial charge < -0.3 is 19.2 Å². The van der Waals surface area contributed by atoms with Crippen LogP contribution >= 0.6 is 0 Å². The van der Waals surface area contributed by atoms with Crippen LogP contribution in [0.25, 0.3) is 0 Å². The van der Waals surface area contributed by atoms with Crippen molar-refractivity contribution < 1.29 is 54.5 Å². The zero-order valence-corrected chi connectivity index (χ0v) is 17.7. The molecule has 1 saturated heterocycles. The second-order valence-electron chi connectivity index (χ2n) is 8.59. The number of hydrogen-bond acceptors (Lipinski definition) is 8. The van der Waals surface area contributed by atoms with E-state index in [1.54, 1.807) is 0 Å². The number of amides is 1. The van der Waals surface area contributed by atoms with Crippen molar-refractivity contribution >= 4 is 5.91 Å². The number of carbonyl (C=O) groups is 1. The monoisotopic (exact) mass is 503 g/mol. The number of alkyl halides is 6. The average molecular weight is 503 g/mol. The molecule has 34 heavy (non-hydrogen) atoms. The molecule has 0 radical (unpaired) electrons. The zero-order chi connectivity index (χ0) is 24.5. The van der Waals surface area contributed by atoms with Crippen LogP contribution < -0.4 is 5.32 Å². The summed E-state index contributed by atoms with van der Waals surface area (Å²) in [6.07, 6.45) is -10.7. The summed E-state index contributed by atoms with van der Waals surface area (Å²) in [7, 11) is 0. The van der Waals surface area contributed by atoms with E-state index in [2.05, 4.69) is 25.0 Å². The van der Waals surface area contributed by atoms with Crippen molar-refractivity contribution in [2.45, 2.75) is 87.6 Å². The van der Waals surface area contributed by atoms with Gasteiger partial charge in [-0.25, -0.2) is 0 Å². The lowest BCUT2D eigenvalue weighted by atomic mass is 9.82. The maximum atomic E-state index is 12.2. The predicted octanol–water partition coefficient (Wildman–Crippen LogP) is 3.27. The number of nitrogens with zero attached hydrogens (tertiary/aromatic N) is 2. The Labute approximate surface area is 189 Å². The first-order valence-electron chi connectivity index (χ1n) is 10.8. The van der Waals surface area contributed by atoms with Crippen LogP contribution in [0.4, 0.5) is 26.3 Å². The molecule has 0 aromatic carbocycles. The zero-order valence-electron chi connectivity index (χ0n) is 17.7. The van der Waals surface area contributed by atoms with E-state index in [9.17, 15) is 31.1 Å². The van der Waals surface area contributed by atoms with E-state index in [1.807, 2.05) is 0 Å². The number of carbonyl (C=O) groups excluding carboxylic acids is 1. The molecule has 4 rings (SSSR count). The van der Waals surface area contributed by atoms with Gasteiger partial charge in [0.05, 0.1) is 31.0 Å². The predicted molar refractivity (Wildman–Crippen MR) is 97.0 cm³/mol. The van der Waals surface area contributed by atoms with Crippen molar-refractivity contribution in [3.05, 3.63) is 11.8 Å². The Kier molecular flexibility index (Phi) is 7.36. The summed E-state index contributed by atoms with van der Waals surface area (Å²) in [5, 5.41) is 10.6. The highest BCUT2D eigenvalue weighted by atomic mass is 19.4. The number of halogens is 6. The second-order valence-corrected chi connectivity index (χ2v) is 8.59. The molecule has 0 bridgehead atoms. The fraction of sp³-hybridized carbons (Fsp3) is 0.842. The molecule has 0 spiro atoms. The number of nitrogens with one attached hydrogen (secondary N) is 1. The van der Waals surface area contributed by atoms with Crippen LogP contribution in [0.3, 0.4) is 0 Å². The standard InChI is InChI=1S/C19H23F6N3O6/c20-18(21,22)33-12-3-9(4-12)16-27-28-17(32-16)14-2-1-10(7-31-14)26-15(29)8-30-11-5-13(6-11)34-19(23,24)25/h9-14H,1-8H2,(H,26,29)/t9?,10-,11?,12?,13?,14+/m1/s1. The molecule has 192 valence electrons. The molecule has 3 fully saturated rings. The van der Waals surface area contributed by atoms with E-state index < -0.39 is 43.0 Å². The fourth-order valence-corrected chi connectivity index (χ4v) is 4.06. The molecule has 2 heterocycles. The summed E-state index contributed by atoms with van der Waals surface area (Å²) in [5.41, 5.74) is 0. The Morgan fingerprint density at radius 1 is 0.912 bits per heavy atom. The van der Waals surface area contributed by atoms with Crippen molar-refractivity contribution in [3.8, 4) is 0 Å². The van der Waals surface area contributed by atoms with Crippen molar-refractivity contribution in [2.24, 2.45) is 0 Å². The van der Waals surface area contributed by atoms with E-state index in [0.717, 1.165) is 0 Å². The van der Waals surface area contributed by atoms with Crippen molar-refractivity contribution in [1.29, 1.82) is 0 Å². The molecule has 2 aliphatic carbocycles. The van der Waals surface area contributed by atoms with E-state index in [4.69, 9.17) is 13.9 Å². The Morgan fingerprint density at radius 3 is 2.12 bits per heavy atom. The molecule has 2 atom stereocenters. The molecule has 1 aliphatic heterocycles. The minimum Gasteiger partial charge on any atom is -0.422 e. The van der Waals surface area contributed by atoms with Crippen molar-refractivity contribution in [1.82, 2.24) is 15.5 Å². The molecule has 1 aromatic heterocycles. The van der Waals surface area contributed by atoms with Gasteiger partial charge in [-0.15, -0.1) is 36.5 Å². The third-order valence-electron chi connectivity index (χ3n) is 5.92. The maximum absolute atomic E-state index is 12.2. The quantitative estimate of drug-likeness (QED) is 0.539. The molecular formula is C19H23F6N3O6. The number of hydrogen-bond donors (Lipinski definition) is 1. The van der Waals surface area contributed by atoms with Gasteiger partial charge in [0.1, 0.15) is 12.7 Å². The topological polar surface area (TPSA) is 105 Å². The fourth-order valence-electron chi connectivity index (χ4n) is 4.06. The van der Waals surface area contributed by atoms with Gasteiger partial charge in [0.15, 0.2) is 0 Å². The molecular weight excluding hydrogens is 480 g/mol. The van der Waals surface area contributed by atoms with Crippen molar-refractivity contribution in [2.75, 3.05) is 13.2 Å². The van der Waals surface area contributed by atoms with Gasteiger partial charge in [0, 0.05) is 18.8 Å². The molecule has 2 saturated carbocycles. The number of ether oxygens (including phenoxy) is 4. The summed E-state index contributed by atoms with van der Waals surface area (Å²) in [6.45, 7) is -0.110. The summed E-state index contributed by atoms with van der Waals surface area (Å²) in [6, 6.07) is -0.288. The van der Waals surface area contributed by atoms with Crippen LogP contribution in [0.5, 0.6) is 0 Å². The Balaban J connectivity index is 1.11. The Hall–Kier alpha value is -1.97. The molecule has 0 unspecified atom stereocenters. The van der Waals surface area contributed by atoms with E-state index in [1.165, 1.54) is 0 Å². The highest BCUT2D eigenvalue weighted by Crippen LogP contribution is 2.41. The molecule has 1 aromatic rings. The van der Waals surface area contributed by atoms with Gasteiger partial charge in [0.2, 0.25) is 17.7 Å². The highest BCUT2D eigenvalue weighted by molar-refractivity contribution is 5.77. The lowest BCUT2D eigenvalue weighted by Gasteiger charge is -2.35. The van der Waals surface area contributed by atoms with Crippen molar-refractivity contribution in [3.63, 3.8) is 0 Å². The smallest absolute Gasteiger partial charge is 0.422 e. The van der Waals surface area contributed by atoms with Gasteiger partial charge in [-0.3, -0.25) is 14.3 Å². The molecule has 15 heteroatoms. The molecule has 1 N–H and O–H groups in total. The summed E-state index contributed by atoms with van der Waals surface area (Å²) < 4.78 is 97.3. The first kappa shape index (κ1) is 25.1. The average Bonchev–Trinajstić information content (AvgIpc) is 3.14. The third kappa shape index (κ3) is 7.02. The number of rotatable bonds is 8. The van der Waals surface area contributed by atoms with Gasteiger partial charge in [-0.05, 0) is 25.7 Å². The minimum absolute atomic E-state index is 0.0735. The number of aromatic nitrogens is 2. The normalized spacial score (nSPS) is 32.1. The second kappa shape index (κ2) is 9.95. The highest BCUT2D eigenvalue weighted by Gasteiger charge is 2.43. The first-order valence-corrected chi connectivity index (χ1v) is 10.8. The summed E-state index contributed by atoms with van der Waals surface area (Å²) in [5.74, 6) is -0.237. The van der Waals surface area contributed by atoms with Gasteiger partial charge in [0.25, 0.3) is 0 Å². The van der Waals surface area contributed by atoms with E-state index in [0.29, 0.717) is 12.8 Å². The van der Waals surface area contributed by atoms with Crippen LogP contribution in [0, 0.1) is 0 Å². The maximum Gasteiger partial charge on any atom is 0.522 e. The lowest BCUT2D eigenvalue weighted by Crippen LogP contribution is -2.45. The van der Waals surface area contributed by atoms with Crippen LogP contribution in [0.15, 0.2) is 4.42 Å². The SMILES string of the molecule is O=C(COC1CC(OC(F)(F)F)C1)N[C@@H]1CC[C@@H](c2nnc(C3CC(OC(F)(F)F)C3)o2)OC1. The van der Waals surface area contributed by atoms with Gasteiger partial charge in [-0.2, -0.15) is 0 Å². The first-order chi connectivity index (χ1) is 15.9. The van der Waals surface area contributed by atoms with Crippen LogP contribution in [0.2, 0.25) is 0 Å². The Morgan fingerprint density at radius 2 is 1.53 bits per heavy atom. The van der Waals surface area contributed by atoms with Gasteiger partial charge >= 0.3 is 12.7 Å². The summed E-state index contributed by atoms with van der Waals surface area (Å²) in [4.78, 5) is 12.0. The lowest BCUT2D eigenvalue weighted by molar-refractivity contribution is -0.357. The van der Waals surface area contributed by atoms with E-state index >= 15 is 0 Å². The molecule has 1 amide bonds. The van der Waals surface area contributed by atoms with Gasteiger partial charge in [-0.1, -0.05) is 0 Å². The minimum atomic E-state index is -4.68.